The number of amides is 11. The zero-order chi connectivity index (χ0) is 89.8. The van der Waals surface area contributed by atoms with Gasteiger partial charge < -0.3 is 77.2 Å². The number of urea groups is 1. The topological polar surface area (TPSA) is 406 Å². The number of phenols is 1. The minimum atomic E-state index is -1.45. The molecule has 30 heteroatoms. The average Bonchev–Trinajstić information content (AvgIpc) is 1.57. The fourth-order valence-corrected chi connectivity index (χ4v) is 15.7. The van der Waals surface area contributed by atoms with Gasteiger partial charge in [0.1, 0.15) is 46.7 Å². The molecule has 0 aliphatic carbocycles. The summed E-state index contributed by atoms with van der Waals surface area (Å²) in [5.41, 5.74) is 6.20. The Morgan fingerprint density at radius 1 is 0.730 bits per heavy atom. The van der Waals surface area contributed by atoms with Crippen LogP contribution in [0.2, 0.25) is 0 Å². The van der Waals surface area contributed by atoms with Gasteiger partial charge in [0.15, 0.2) is 6.10 Å². The van der Waals surface area contributed by atoms with E-state index in [1.54, 1.807) is 80.8 Å². The summed E-state index contributed by atoms with van der Waals surface area (Å²) >= 11 is 1.10. The Balaban J connectivity index is 0.933. The molecule has 8 atom stereocenters. The van der Waals surface area contributed by atoms with E-state index >= 15 is 4.79 Å². The van der Waals surface area contributed by atoms with Crippen molar-refractivity contribution in [2.45, 2.75) is 255 Å². The summed E-state index contributed by atoms with van der Waals surface area (Å²) < 4.78 is 18.1. The first kappa shape index (κ1) is 98.2. The zero-order valence-electron chi connectivity index (χ0n) is 73.6. The summed E-state index contributed by atoms with van der Waals surface area (Å²) in [6.45, 7) is 28.2. The summed E-state index contributed by atoms with van der Waals surface area (Å²) in [5.74, 6) is 0.0826. The van der Waals surface area contributed by atoms with E-state index in [0.29, 0.717) is 54.3 Å². The Labute approximate surface area is 722 Å². The van der Waals surface area contributed by atoms with Crippen LogP contribution >= 0.6 is 11.3 Å². The largest absolute Gasteiger partial charge is 0.508 e. The van der Waals surface area contributed by atoms with Crippen molar-refractivity contribution in [3.05, 3.63) is 141 Å². The number of carboxylic acids is 1. The number of hydrogen-bond donors (Lipinski definition) is 10. The first-order chi connectivity index (χ1) is 57.6. The molecule has 11 amide bonds. The number of thiazole rings is 1. The second kappa shape index (κ2) is 45.8. The van der Waals surface area contributed by atoms with E-state index in [0.717, 1.165) is 52.9 Å². The van der Waals surface area contributed by atoms with E-state index in [-0.39, 0.29) is 132 Å². The summed E-state index contributed by atoms with van der Waals surface area (Å²) in [4.78, 5) is 175. The molecule has 122 heavy (non-hydrogen) atoms. The molecule has 1 saturated heterocycles. The molecule has 0 bridgehead atoms. The minimum Gasteiger partial charge on any atom is -0.508 e. The van der Waals surface area contributed by atoms with Crippen LogP contribution in [-0.4, -0.2) is 171 Å². The first-order valence-electron chi connectivity index (χ1n) is 42.5. The number of fused-ring (bicyclic) bond motifs is 2. The van der Waals surface area contributed by atoms with E-state index in [9.17, 15) is 63.0 Å². The molecule has 0 radical (unpaired) electrons. The number of carbonyl (C=O) groups is 12. The number of nitrogens with one attached hydrogen (secondary N) is 7. The number of likely N-dealkylation sites (tertiary alicyclic amines) is 1. The third-order valence-corrected chi connectivity index (χ3v) is 23.2. The van der Waals surface area contributed by atoms with Crippen LogP contribution in [0, 0.1) is 45.8 Å². The standard InChI is InChI=1S/C92H128N12O17S/c1-16-18-19-24-46-102(73(58(3)4)49-74(121-61(8)105)83-99-71(54-122-83)81(111)97-68(50-91(13,14)86(115)116)48-62-34-40-69(106)41-35-62)84(113)79(60(7)17-2)101-85(114)92(15)44-26-47-104(92)88(118)120-53-63-32-38-67(39-33-63)96-80(110)70(30-25-45-94-87(93)117)98-82(112)78(59(5)6)100-76(108)51-89(9,10)56-119-57-90(11,12)55-95-75(107)42-43-77(109)103-52-66-29-21-20-27-64(66)36-37-65-28-22-23-31-72(65)103/h20-23,27-29,31-35,38-41,54,58-60,68,70,73-74,78-79,106H,16-19,24-26,30,42-53,55-57H2,1-15H3,(H,95,107)(H,96,110)(H,97,111)(H,98,112)(H,100,108)(H,101,114)(H,115,116)(H3,93,94,117)/t60-,68-,70-,73+,74+,78-,79-,92+/m0/s1. The van der Waals surface area contributed by atoms with Gasteiger partial charge in [-0.25, -0.2) is 14.6 Å². The van der Waals surface area contributed by atoms with Crippen LogP contribution in [0.15, 0.2) is 102 Å². The lowest BCUT2D eigenvalue weighted by Crippen LogP contribution is -2.62. The number of phenolic OH excluding ortho intramolecular Hbond substituents is 1. The molecule has 0 spiro atoms. The van der Waals surface area contributed by atoms with Crippen LogP contribution in [0.5, 0.6) is 5.75 Å². The second-order valence-electron chi connectivity index (χ2n) is 35.3. The third-order valence-electron chi connectivity index (χ3n) is 22.3. The molecule has 5 aromatic rings. The quantitative estimate of drug-likeness (QED) is 0.00982. The fourth-order valence-electron chi connectivity index (χ4n) is 14.8. The number of carbonyl (C=O) groups excluding carboxylic acids is 11. The van der Waals surface area contributed by atoms with Crippen LogP contribution in [-0.2, 0) is 76.9 Å². The molecule has 3 heterocycles. The van der Waals surface area contributed by atoms with Gasteiger partial charge in [-0.2, -0.15) is 0 Å². The van der Waals surface area contributed by atoms with Gasteiger partial charge in [-0.1, -0.05) is 168 Å². The first-order valence-corrected chi connectivity index (χ1v) is 43.4. The molecule has 11 N–H and O–H groups in total. The molecule has 1 fully saturated rings. The van der Waals surface area contributed by atoms with Crippen molar-refractivity contribution in [3.8, 4) is 17.6 Å². The van der Waals surface area contributed by atoms with Crippen molar-refractivity contribution in [1.82, 2.24) is 46.7 Å². The molecular formula is C92H128N12O17S. The van der Waals surface area contributed by atoms with Crippen LogP contribution in [0.1, 0.15) is 243 Å². The molecule has 0 saturated carbocycles. The smallest absolute Gasteiger partial charge is 0.410 e. The Bertz CT molecular complexity index is 4500. The monoisotopic (exact) mass is 1700 g/mol. The van der Waals surface area contributed by atoms with Gasteiger partial charge in [0.2, 0.25) is 41.4 Å². The second-order valence-corrected chi connectivity index (χ2v) is 36.2. The van der Waals surface area contributed by atoms with Crippen LogP contribution < -0.4 is 47.9 Å². The average molecular weight is 1710 g/mol. The highest BCUT2D eigenvalue weighted by Gasteiger charge is 2.49. The molecule has 4 aromatic carbocycles. The lowest BCUT2D eigenvalue weighted by molar-refractivity contribution is -0.150. The van der Waals surface area contributed by atoms with Crippen molar-refractivity contribution in [3.63, 3.8) is 0 Å². The normalized spacial score (nSPS) is 15.6. The van der Waals surface area contributed by atoms with Gasteiger partial charge in [0.25, 0.3) is 5.91 Å². The van der Waals surface area contributed by atoms with Gasteiger partial charge in [-0.05, 0) is 148 Å². The molecule has 29 nitrogen and oxygen atoms in total. The van der Waals surface area contributed by atoms with E-state index in [1.165, 1.54) is 29.3 Å². The number of carboxylic acid groups (broad SMARTS) is 1. The number of nitrogens with zero attached hydrogens (tertiary/aromatic N) is 4. The predicted octanol–water partition coefficient (Wildman–Crippen LogP) is 12.2. The van der Waals surface area contributed by atoms with Gasteiger partial charge in [-0.15, -0.1) is 11.3 Å². The lowest BCUT2D eigenvalue weighted by atomic mass is 9.84. The summed E-state index contributed by atoms with van der Waals surface area (Å²) in [5, 5.41) is 41.9. The fraction of sp³-hybridized carbons (Fsp3) is 0.554. The maximum absolute atomic E-state index is 15.6. The van der Waals surface area contributed by atoms with E-state index in [1.807, 2.05) is 104 Å². The minimum absolute atomic E-state index is 0.0147. The molecule has 1 aromatic heterocycles. The summed E-state index contributed by atoms with van der Waals surface area (Å²) in [6, 6.07) is 22.7. The summed E-state index contributed by atoms with van der Waals surface area (Å²) in [6.07, 6.45) is 3.26. The summed E-state index contributed by atoms with van der Waals surface area (Å²) in [7, 11) is 0. The highest BCUT2D eigenvalue weighted by atomic mass is 32.1. The maximum atomic E-state index is 15.6. The Morgan fingerprint density at radius 3 is 2.05 bits per heavy atom. The third kappa shape index (κ3) is 29.7. The predicted molar refractivity (Wildman–Crippen MR) is 467 cm³/mol. The van der Waals surface area contributed by atoms with Crippen molar-refractivity contribution < 1.29 is 82.0 Å². The molecule has 7 rings (SSSR count). The zero-order valence-corrected chi connectivity index (χ0v) is 74.4. The number of nitrogens with two attached hydrogens (primary N) is 1. The van der Waals surface area contributed by atoms with E-state index in [4.69, 9.17) is 24.9 Å². The number of para-hydroxylation sites is 1. The molecule has 2 aliphatic heterocycles. The molecule has 664 valence electrons. The highest BCUT2D eigenvalue weighted by Crippen LogP contribution is 2.36. The Hall–Kier alpha value is -10.9. The van der Waals surface area contributed by atoms with Gasteiger partial charge in [-0.3, -0.25) is 52.8 Å². The molecule has 0 unspecified atom stereocenters. The lowest BCUT2D eigenvalue weighted by Gasteiger charge is -2.40. The number of hydrogen-bond acceptors (Lipinski definition) is 18. The van der Waals surface area contributed by atoms with Gasteiger partial charge in [0.05, 0.1) is 30.9 Å². The number of benzene rings is 4. The number of anilines is 2. The van der Waals surface area contributed by atoms with E-state index < -0.39 is 124 Å². The number of aliphatic carboxylic acids is 1. The van der Waals surface area contributed by atoms with Gasteiger partial charge >= 0.3 is 24.1 Å². The van der Waals surface area contributed by atoms with Crippen molar-refractivity contribution in [2.24, 2.45) is 39.7 Å². The number of rotatable bonds is 46. The van der Waals surface area contributed by atoms with E-state index in [2.05, 4.69) is 56.0 Å². The SMILES string of the molecule is CCCCCCN(C(=O)[C@@H](NC(=O)[C@@]1(C)CCCN1C(=O)OCc1ccc(NC(=O)[C@H](CCCNC(N)=O)NC(=O)[C@@H](NC(=O)CC(C)(C)COCC(C)(C)CNC(=O)CCC(=O)N2Cc3ccccc3C#Cc3ccccc32)C(C)C)cc1)[C@@H](C)CC)[C@H](C[C@@H](OC(C)=O)c1nc(C(=O)N[C@@H](Cc2ccc(O)cc2)CC(C)(C)C(=O)O)cs1)C(C)C. The highest BCUT2D eigenvalue weighted by molar-refractivity contribution is 7.09. The van der Waals surface area contributed by atoms with Crippen LogP contribution in [0.25, 0.3) is 0 Å². The number of primary amides is 1. The van der Waals surface area contributed by atoms with Crippen molar-refractivity contribution >= 4 is 94.0 Å². The number of aromatic nitrogens is 1. The molecule has 2 aliphatic rings. The Morgan fingerprint density at radius 2 is 1.39 bits per heavy atom. The maximum Gasteiger partial charge on any atom is 0.410 e. The van der Waals surface area contributed by atoms with Crippen molar-refractivity contribution in [2.75, 3.05) is 49.6 Å². The Kier molecular flexibility index (Phi) is 36.9. The van der Waals surface area contributed by atoms with Gasteiger partial charge in [0, 0.05) is 98.5 Å². The number of aromatic hydroxyl groups is 1. The molecular weight excluding hydrogens is 1580 g/mol. The number of esters is 1. The van der Waals surface area contributed by atoms with Crippen LogP contribution in [0.3, 0.4) is 0 Å². The number of ether oxygens (including phenoxy) is 3. The number of unbranched alkanes of at least 4 members (excludes halogenated alkanes) is 3. The van der Waals surface area contributed by atoms with Crippen LogP contribution in [0.4, 0.5) is 21.0 Å². The van der Waals surface area contributed by atoms with Crippen molar-refractivity contribution in [1.29, 1.82) is 0 Å².